The Morgan fingerprint density at radius 3 is 2.71 bits per heavy atom. The van der Waals surface area contributed by atoms with Crippen LogP contribution in [0.1, 0.15) is 6.23 Å². The topological polar surface area (TPSA) is 127 Å². The molecule has 0 spiro atoms. The minimum absolute atomic E-state index is 0.0276. The fourth-order valence-electron chi connectivity index (χ4n) is 1.62. The van der Waals surface area contributed by atoms with E-state index in [0.29, 0.717) is 0 Å². The third-order valence-electron chi connectivity index (χ3n) is 2.49. The number of ether oxygens (including phenoxy) is 1. The quantitative estimate of drug-likeness (QED) is 0.459. The van der Waals surface area contributed by atoms with Crippen LogP contribution in [-0.2, 0) is 4.74 Å². The minimum atomic E-state index is -1.24. The molecule has 2 heterocycles. The van der Waals surface area contributed by atoms with Gasteiger partial charge in [0.05, 0.1) is 12.8 Å². The standard InChI is InChI=1S/C8H12N4O4S/c9-4-1-10-12(8(17)11-4)7-6(15)5(14)3(2-13)16-7/h1,3,5-7,13-15H,2H2,(H2,9,11,17)/t3-,5?,6?,7-/m1/s1. The molecule has 4 atom stereocenters. The van der Waals surface area contributed by atoms with E-state index < -0.39 is 31.1 Å². The first-order chi connectivity index (χ1) is 8.04. The van der Waals surface area contributed by atoms with Crippen molar-refractivity contribution in [2.45, 2.75) is 24.5 Å². The molecule has 0 aromatic carbocycles. The van der Waals surface area contributed by atoms with Gasteiger partial charge in [0.15, 0.2) is 6.23 Å². The second kappa shape index (κ2) is 4.63. The van der Waals surface area contributed by atoms with Crippen LogP contribution in [0.25, 0.3) is 0 Å². The first-order valence-electron chi connectivity index (χ1n) is 4.88. The SMILES string of the molecule is Nc1cnn([C@@H]2O[C@H](CO)C(O)C2O)c(=S)n1. The lowest BCUT2D eigenvalue weighted by molar-refractivity contribution is -0.0606. The molecule has 5 N–H and O–H groups in total. The lowest BCUT2D eigenvalue weighted by Gasteiger charge is -2.16. The number of hydrogen-bond acceptors (Lipinski definition) is 8. The highest BCUT2D eigenvalue weighted by Gasteiger charge is 2.44. The molecule has 1 aliphatic heterocycles. The molecule has 1 aliphatic rings. The van der Waals surface area contributed by atoms with Crippen molar-refractivity contribution in [2.24, 2.45) is 0 Å². The monoisotopic (exact) mass is 260 g/mol. The number of hydrogen-bond donors (Lipinski definition) is 4. The molecular formula is C8H12N4O4S. The molecule has 1 aromatic rings. The molecule has 1 saturated heterocycles. The maximum Gasteiger partial charge on any atom is 0.220 e. The average Bonchev–Trinajstić information content (AvgIpc) is 2.57. The predicted octanol–water partition coefficient (Wildman–Crippen LogP) is -1.80. The fourth-order valence-corrected chi connectivity index (χ4v) is 1.87. The summed E-state index contributed by atoms with van der Waals surface area (Å²) in [6, 6.07) is 0. The van der Waals surface area contributed by atoms with Crippen LogP contribution in [0.3, 0.4) is 0 Å². The molecule has 0 bridgehead atoms. The molecule has 0 radical (unpaired) electrons. The van der Waals surface area contributed by atoms with Gasteiger partial charge in [-0.05, 0) is 12.2 Å². The number of aliphatic hydroxyl groups excluding tert-OH is 3. The van der Waals surface area contributed by atoms with Crippen LogP contribution in [0.5, 0.6) is 0 Å². The second-order valence-electron chi connectivity index (χ2n) is 3.64. The van der Waals surface area contributed by atoms with Gasteiger partial charge in [0.25, 0.3) is 0 Å². The van der Waals surface area contributed by atoms with E-state index in [4.69, 9.17) is 27.8 Å². The lowest BCUT2D eigenvalue weighted by atomic mass is 10.1. The van der Waals surface area contributed by atoms with Gasteiger partial charge in [0.2, 0.25) is 4.77 Å². The van der Waals surface area contributed by atoms with Crippen LogP contribution >= 0.6 is 12.2 Å². The highest BCUT2D eigenvalue weighted by Crippen LogP contribution is 2.28. The van der Waals surface area contributed by atoms with E-state index in [2.05, 4.69) is 10.1 Å². The molecule has 94 valence electrons. The summed E-state index contributed by atoms with van der Waals surface area (Å²) in [5.41, 5.74) is 5.40. The van der Waals surface area contributed by atoms with Crippen molar-refractivity contribution in [1.82, 2.24) is 14.8 Å². The minimum Gasteiger partial charge on any atom is -0.394 e. The number of anilines is 1. The Labute approximate surface area is 101 Å². The number of aromatic nitrogens is 3. The van der Waals surface area contributed by atoms with Gasteiger partial charge in [-0.2, -0.15) is 5.10 Å². The summed E-state index contributed by atoms with van der Waals surface area (Å²) >= 11 is 4.92. The molecule has 0 aliphatic carbocycles. The normalized spacial score (nSPS) is 32.9. The fraction of sp³-hybridized carbons (Fsp3) is 0.625. The molecule has 0 amide bonds. The third-order valence-corrected chi connectivity index (χ3v) is 2.77. The molecule has 2 unspecified atom stereocenters. The zero-order chi connectivity index (χ0) is 12.6. The van der Waals surface area contributed by atoms with Crippen LogP contribution in [-0.4, -0.2) is 55.0 Å². The molecule has 1 fully saturated rings. The van der Waals surface area contributed by atoms with Crippen LogP contribution in [0, 0.1) is 4.77 Å². The van der Waals surface area contributed by atoms with Crippen molar-refractivity contribution in [3.05, 3.63) is 11.0 Å². The van der Waals surface area contributed by atoms with Crippen molar-refractivity contribution in [2.75, 3.05) is 12.3 Å². The summed E-state index contributed by atoms with van der Waals surface area (Å²) in [5.74, 6) is 0.151. The van der Waals surface area contributed by atoms with E-state index in [1.165, 1.54) is 6.20 Å². The summed E-state index contributed by atoms with van der Waals surface area (Å²) in [5, 5.41) is 32.1. The van der Waals surface area contributed by atoms with Gasteiger partial charge >= 0.3 is 0 Å². The van der Waals surface area contributed by atoms with Crippen molar-refractivity contribution >= 4 is 18.0 Å². The molecule has 8 nitrogen and oxygen atoms in total. The van der Waals surface area contributed by atoms with Crippen LogP contribution in [0.15, 0.2) is 6.20 Å². The summed E-state index contributed by atoms with van der Waals surface area (Å²) < 4.78 is 6.41. The Kier molecular flexibility index (Phi) is 3.35. The highest BCUT2D eigenvalue weighted by molar-refractivity contribution is 7.71. The number of rotatable bonds is 2. The predicted molar refractivity (Wildman–Crippen MR) is 58.3 cm³/mol. The first kappa shape index (κ1) is 12.3. The Bertz CT molecular complexity index is 467. The van der Waals surface area contributed by atoms with Crippen LogP contribution in [0.2, 0.25) is 0 Å². The highest BCUT2D eigenvalue weighted by atomic mass is 32.1. The Balaban J connectivity index is 2.32. The van der Waals surface area contributed by atoms with Crippen molar-refractivity contribution < 1.29 is 20.1 Å². The van der Waals surface area contributed by atoms with E-state index in [0.717, 1.165) is 4.68 Å². The zero-order valence-corrected chi connectivity index (χ0v) is 9.49. The lowest BCUT2D eigenvalue weighted by Crippen LogP contribution is -2.33. The summed E-state index contributed by atoms with van der Waals surface area (Å²) in [6.45, 7) is -0.412. The van der Waals surface area contributed by atoms with Gasteiger partial charge in [-0.25, -0.2) is 9.67 Å². The molecule has 9 heteroatoms. The van der Waals surface area contributed by atoms with E-state index in [9.17, 15) is 10.2 Å². The Morgan fingerprint density at radius 2 is 2.18 bits per heavy atom. The van der Waals surface area contributed by atoms with Crippen molar-refractivity contribution in [1.29, 1.82) is 0 Å². The van der Waals surface area contributed by atoms with Gasteiger partial charge in [-0.15, -0.1) is 0 Å². The van der Waals surface area contributed by atoms with Gasteiger partial charge in [0.1, 0.15) is 24.1 Å². The van der Waals surface area contributed by atoms with Gasteiger partial charge in [0, 0.05) is 0 Å². The van der Waals surface area contributed by atoms with Gasteiger partial charge < -0.3 is 25.8 Å². The van der Waals surface area contributed by atoms with Gasteiger partial charge in [-0.3, -0.25) is 0 Å². The molecule has 2 rings (SSSR count). The average molecular weight is 260 g/mol. The number of nitrogens with zero attached hydrogens (tertiary/aromatic N) is 3. The smallest absolute Gasteiger partial charge is 0.220 e. The van der Waals surface area contributed by atoms with E-state index >= 15 is 0 Å². The number of nitrogens with two attached hydrogens (primary N) is 1. The third kappa shape index (κ3) is 2.15. The first-order valence-corrected chi connectivity index (χ1v) is 5.29. The summed E-state index contributed by atoms with van der Waals surface area (Å²) in [4.78, 5) is 3.79. The second-order valence-corrected chi connectivity index (χ2v) is 4.00. The van der Waals surface area contributed by atoms with Gasteiger partial charge in [-0.1, -0.05) is 0 Å². The van der Waals surface area contributed by atoms with Crippen LogP contribution < -0.4 is 5.73 Å². The Morgan fingerprint density at radius 1 is 1.47 bits per heavy atom. The number of nitrogen functional groups attached to an aromatic ring is 1. The van der Waals surface area contributed by atoms with E-state index in [1.807, 2.05) is 0 Å². The van der Waals surface area contributed by atoms with E-state index in [1.54, 1.807) is 0 Å². The van der Waals surface area contributed by atoms with Crippen LogP contribution in [0.4, 0.5) is 5.82 Å². The van der Waals surface area contributed by atoms with Crippen molar-refractivity contribution in [3.8, 4) is 0 Å². The van der Waals surface area contributed by atoms with E-state index in [-0.39, 0.29) is 10.6 Å². The summed E-state index contributed by atoms with van der Waals surface area (Å²) in [7, 11) is 0. The Hall–Kier alpha value is -1.13. The molecule has 17 heavy (non-hydrogen) atoms. The zero-order valence-electron chi connectivity index (χ0n) is 8.67. The molecular weight excluding hydrogens is 248 g/mol. The maximum absolute atomic E-state index is 9.75. The molecule has 1 aromatic heterocycles. The molecule has 0 saturated carbocycles. The largest absolute Gasteiger partial charge is 0.394 e. The summed E-state index contributed by atoms with van der Waals surface area (Å²) in [6.07, 6.45) is -3.05. The maximum atomic E-state index is 9.75. The van der Waals surface area contributed by atoms with Crippen molar-refractivity contribution in [3.63, 3.8) is 0 Å². The number of aliphatic hydroxyl groups is 3.